The van der Waals surface area contributed by atoms with Crippen LogP contribution in [0.25, 0.3) is 31.1 Å². The van der Waals surface area contributed by atoms with Gasteiger partial charge in [-0.05, 0) is 142 Å². The summed E-state index contributed by atoms with van der Waals surface area (Å²) >= 11 is 3.24. The van der Waals surface area contributed by atoms with Crippen LogP contribution in [-0.4, -0.2) is 37.3 Å². The molecule has 4 aliphatic heterocycles. The third-order valence-corrected chi connectivity index (χ3v) is 16.1. The molecule has 5 aromatic rings. The van der Waals surface area contributed by atoms with Gasteiger partial charge in [-0.15, -0.1) is 22.7 Å². The van der Waals surface area contributed by atoms with Crippen molar-refractivity contribution >= 4 is 63.2 Å². The molecular formula is C50H54N4O2S2. The van der Waals surface area contributed by atoms with E-state index in [-0.39, 0.29) is 27.4 Å². The van der Waals surface area contributed by atoms with E-state index in [4.69, 9.17) is 6.57 Å². The normalized spacial score (nSPS) is 19.5. The summed E-state index contributed by atoms with van der Waals surface area (Å²) < 4.78 is 0. The highest BCUT2D eigenvalue weighted by Gasteiger charge is 2.43. The Kier molecular flexibility index (Phi) is 9.07. The van der Waals surface area contributed by atoms with Crippen molar-refractivity contribution in [3.8, 4) is 20.2 Å². The Morgan fingerprint density at radius 2 is 1.03 bits per heavy atom. The third-order valence-electron chi connectivity index (χ3n) is 13.8. The SMILES string of the molecule is [C-]#[N+]C(=Cc1ccc(-c2ccc(-c3ccc(N(c4cc5c6c(c4)C(C)(C)CCN6CCC5(C)C)c4cc5c6c(c4)C(C)(C)CCN6CCC5(C)C)cc3)s2)s1)C(=O)O. The van der Waals surface area contributed by atoms with E-state index in [0.29, 0.717) is 0 Å². The second kappa shape index (κ2) is 13.6. The van der Waals surface area contributed by atoms with Crippen LogP contribution >= 0.6 is 22.7 Å². The summed E-state index contributed by atoms with van der Waals surface area (Å²) in [5.41, 5.74) is 13.6. The Bertz CT molecular complexity index is 2370. The first-order valence-corrected chi connectivity index (χ1v) is 22.4. The number of hydrogen-bond acceptors (Lipinski definition) is 6. The maximum atomic E-state index is 11.4. The standard InChI is InChI=1S/C50H54N4O2S2/c1-47(2)18-22-52-23-19-48(3,4)37-27-33(26-36(47)44(37)52)54(34-28-38-45-39(29-34)50(7,8)21-25-53(45)24-20-49(38,5)6)32-12-10-31(11-13-32)41-16-17-43(58-41)42-15-14-35(57-42)30-40(51-9)46(55)56/h10-17,26-30H,18-25H2,1-8H3,(H,55,56). The minimum absolute atomic E-state index is 0.0673. The number of anilines is 5. The molecule has 0 bridgehead atoms. The second-order valence-electron chi connectivity index (χ2n) is 19.5. The van der Waals surface area contributed by atoms with Crippen molar-refractivity contribution in [2.75, 3.05) is 40.9 Å². The van der Waals surface area contributed by atoms with Crippen LogP contribution in [0.4, 0.5) is 28.4 Å². The average Bonchev–Trinajstić information content (AvgIpc) is 3.86. The van der Waals surface area contributed by atoms with Gasteiger partial charge in [-0.1, -0.05) is 67.5 Å². The maximum Gasteiger partial charge on any atom is 0.333 e. The summed E-state index contributed by atoms with van der Waals surface area (Å²) in [4.78, 5) is 26.6. The molecule has 58 heavy (non-hydrogen) atoms. The zero-order chi connectivity index (χ0) is 40.9. The molecule has 4 aliphatic rings. The summed E-state index contributed by atoms with van der Waals surface area (Å²) in [6.45, 7) is 31.2. The molecule has 0 radical (unpaired) electrons. The van der Waals surface area contributed by atoms with Crippen LogP contribution in [0.3, 0.4) is 0 Å². The van der Waals surface area contributed by atoms with E-state index >= 15 is 0 Å². The Labute approximate surface area is 352 Å². The molecule has 0 aliphatic carbocycles. The minimum Gasteiger partial charge on any atom is -0.486 e. The molecule has 2 aromatic heterocycles. The van der Waals surface area contributed by atoms with Gasteiger partial charge in [-0.3, -0.25) is 4.79 Å². The van der Waals surface area contributed by atoms with E-state index in [1.807, 2.05) is 12.1 Å². The molecule has 0 fully saturated rings. The van der Waals surface area contributed by atoms with Crippen LogP contribution in [0.5, 0.6) is 0 Å². The smallest absolute Gasteiger partial charge is 0.333 e. The molecule has 8 heteroatoms. The molecule has 0 saturated heterocycles. The van der Waals surface area contributed by atoms with Gasteiger partial charge in [0, 0.05) is 74.1 Å². The van der Waals surface area contributed by atoms with Crippen LogP contribution in [-0.2, 0) is 26.5 Å². The predicted octanol–water partition coefficient (Wildman–Crippen LogP) is 13.3. The first kappa shape index (κ1) is 38.7. The number of carboxylic acids is 1. The Morgan fingerprint density at radius 3 is 1.47 bits per heavy atom. The summed E-state index contributed by atoms with van der Waals surface area (Å²) in [6.07, 6.45) is 6.05. The van der Waals surface area contributed by atoms with E-state index in [0.717, 1.165) is 77.7 Å². The molecule has 6 heterocycles. The van der Waals surface area contributed by atoms with E-state index in [1.165, 1.54) is 67.3 Å². The van der Waals surface area contributed by atoms with Gasteiger partial charge in [0.05, 0.1) is 6.57 Å². The molecule has 0 amide bonds. The summed E-state index contributed by atoms with van der Waals surface area (Å²) in [6, 6.07) is 27.5. The van der Waals surface area contributed by atoms with Crippen molar-refractivity contribution < 1.29 is 9.90 Å². The molecule has 6 nitrogen and oxygen atoms in total. The third kappa shape index (κ3) is 6.46. The number of carboxylic acid groups (broad SMARTS) is 1. The Balaban J connectivity index is 1.18. The number of nitrogens with zero attached hydrogens (tertiary/aromatic N) is 4. The van der Waals surface area contributed by atoms with Crippen molar-refractivity contribution in [3.63, 3.8) is 0 Å². The lowest BCUT2D eigenvalue weighted by molar-refractivity contribution is -0.132. The fraction of sp³-hybridized carbons (Fsp3) is 0.400. The minimum atomic E-state index is -1.20. The average molecular weight is 807 g/mol. The number of benzene rings is 3. The Hall–Kier alpha value is -4.84. The zero-order valence-corrected chi connectivity index (χ0v) is 36.8. The lowest BCUT2D eigenvalue weighted by Gasteiger charge is -2.49. The fourth-order valence-electron chi connectivity index (χ4n) is 9.80. The van der Waals surface area contributed by atoms with Gasteiger partial charge >= 0.3 is 5.97 Å². The maximum absolute atomic E-state index is 11.4. The van der Waals surface area contributed by atoms with Crippen molar-refractivity contribution in [2.24, 2.45) is 0 Å². The monoisotopic (exact) mass is 806 g/mol. The van der Waals surface area contributed by atoms with Gasteiger partial charge < -0.3 is 19.8 Å². The van der Waals surface area contributed by atoms with Crippen molar-refractivity contribution in [2.45, 2.75) is 103 Å². The molecule has 9 rings (SSSR count). The largest absolute Gasteiger partial charge is 0.486 e. The molecule has 3 aromatic carbocycles. The highest BCUT2D eigenvalue weighted by atomic mass is 32.1. The molecule has 0 unspecified atom stereocenters. The van der Waals surface area contributed by atoms with Crippen molar-refractivity contribution in [1.82, 2.24) is 0 Å². The number of carbonyl (C=O) groups is 1. The van der Waals surface area contributed by atoms with Crippen molar-refractivity contribution in [1.29, 1.82) is 0 Å². The van der Waals surface area contributed by atoms with E-state index in [2.05, 4.69) is 136 Å². The summed E-state index contributed by atoms with van der Waals surface area (Å²) in [5, 5.41) is 9.34. The van der Waals surface area contributed by atoms with Gasteiger partial charge in [0.2, 0.25) is 0 Å². The first-order chi connectivity index (χ1) is 27.5. The van der Waals surface area contributed by atoms with Crippen molar-refractivity contribution in [3.05, 3.63) is 117 Å². The van der Waals surface area contributed by atoms with E-state index in [1.54, 1.807) is 11.3 Å². The predicted molar refractivity (Wildman–Crippen MR) is 245 cm³/mol. The van der Waals surface area contributed by atoms with E-state index < -0.39 is 5.97 Å². The molecule has 298 valence electrons. The van der Waals surface area contributed by atoms with Gasteiger partial charge in [-0.2, -0.15) is 0 Å². The second-order valence-corrected chi connectivity index (χ2v) is 21.7. The lowest BCUT2D eigenvalue weighted by Crippen LogP contribution is -2.45. The quantitative estimate of drug-likeness (QED) is 0.131. The van der Waals surface area contributed by atoms with Gasteiger partial charge in [-0.25, -0.2) is 4.85 Å². The number of rotatable bonds is 7. The highest BCUT2D eigenvalue weighted by molar-refractivity contribution is 7.24. The zero-order valence-electron chi connectivity index (χ0n) is 35.1. The Morgan fingerprint density at radius 1 is 0.621 bits per heavy atom. The first-order valence-electron chi connectivity index (χ1n) is 20.8. The van der Waals surface area contributed by atoms with Gasteiger partial charge in [0.1, 0.15) is 0 Å². The van der Waals surface area contributed by atoms with Crippen LogP contribution in [0, 0.1) is 6.57 Å². The topological polar surface area (TPSA) is 51.4 Å². The van der Waals surface area contributed by atoms with Crippen LogP contribution < -0.4 is 14.7 Å². The highest BCUT2D eigenvalue weighted by Crippen LogP contribution is 2.55. The van der Waals surface area contributed by atoms with Gasteiger partial charge in [0.15, 0.2) is 0 Å². The van der Waals surface area contributed by atoms with Crippen LogP contribution in [0.1, 0.15) is 108 Å². The summed E-state index contributed by atoms with van der Waals surface area (Å²) in [5.74, 6) is -1.20. The van der Waals surface area contributed by atoms with Crippen LogP contribution in [0.2, 0.25) is 0 Å². The summed E-state index contributed by atoms with van der Waals surface area (Å²) in [7, 11) is 0. The lowest BCUT2D eigenvalue weighted by atomic mass is 9.69. The van der Waals surface area contributed by atoms with Crippen LogP contribution in [0.15, 0.2) is 78.5 Å². The number of thiophene rings is 2. The molecule has 0 saturated carbocycles. The number of aliphatic carboxylic acids is 1. The van der Waals surface area contributed by atoms with E-state index in [9.17, 15) is 9.90 Å². The molecule has 1 N–H and O–H groups in total. The molecule has 0 spiro atoms. The molecular weight excluding hydrogens is 753 g/mol. The number of hydrogen-bond donors (Lipinski definition) is 1. The van der Waals surface area contributed by atoms with Gasteiger partial charge in [0.25, 0.3) is 5.70 Å². The fourth-order valence-corrected chi connectivity index (χ4v) is 11.8. The molecule has 0 atom stereocenters.